The number of aromatic nitrogens is 2. The third-order valence-electron chi connectivity index (χ3n) is 3.46. The predicted molar refractivity (Wildman–Crippen MR) is 77.4 cm³/mol. The molecule has 1 N–H and O–H groups in total. The number of aryl methyl sites for hydroxylation is 1. The van der Waals surface area contributed by atoms with Gasteiger partial charge in [-0.05, 0) is 45.2 Å². The molecule has 0 aromatic carbocycles. The Morgan fingerprint density at radius 3 is 3.00 bits per heavy atom. The van der Waals surface area contributed by atoms with Gasteiger partial charge in [0.1, 0.15) is 5.82 Å². The summed E-state index contributed by atoms with van der Waals surface area (Å²) in [6, 6.07) is 0. The van der Waals surface area contributed by atoms with Crippen LogP contribution in [0.4, 0.5) is 5.13 Å². The van der Waals surface area contributed by atoms with Crippen molar-refractivity contribution >= 4 is 16.7 Å². The van der Waals surface area contributed by atoms with Crippen LogP contribution in [0, 0.1) is 5.92 Å². The van der Waals surface area contributed by atoms with E-state index in [1.807, 2.05) is 0 Å². The van der Waals surface area contributed by atoms with Gasteiger partial charge >= 0.3 is 0 Å². The minimum absolute atomic E-state index is 0.761. The third kappa shape index (κ3) is 3.65. The second-order valence-electron chi connectivity index (χ2n) is 4.99. The molecule has 18 heavy (non-hydrogen) atoms. The van der Waals surface area contributed by atoms with Crippen LogP contribution >= 0.6 is 11.5 Å². The molecule has 5 heteroatoms. The van der Waals surface area contributed by atoms with Crippen molar-refractivity contribution in [2.24, 2.45) is 5.92 Å². The summed E-state index contributed by atoms with van der Waals surface area (Å²) in [6.45, 7) is 8.85. The molecular weight excluding hydrogens is 244 g/mol. The molecule has 1 fully saturated rings. The molecule has 102 valence electrons. The van der Waals surface area contributed by atoms with Crippen LogP contribution in [0.15, 0.2) is 0 Å². The van der Waals surface area contributed by atoms with Gasteiger partial charge in [0.15, 0.2) is 0 Å². The SMILES string of the molecule is CCCc1nsc(N(CC)CC2CCCNC2)n1. The van der Waals surface area contributed by atoms with Gasteiger partial charge < -0.3 is 10.2 Å². The molecule has 1 aliphatic rings. The molecule has 1 unspecified atom stereocenters. The van der Waals surface area contributed by atoms with Crippen molar-refractivity contribution in [1.82, 2.24) is 14.7 Å². The number of nitrogens with one attached hydrogen (secondary N) is 1. The van der Waals surface area contributed by atoms with Crippen LogP contribution in [0.5, 0.6) is 0 Å². The molecule has 2 rings (SSSR count). The fourth-order valence-corrected chi connectivity index (χ4v) is 3.22. The molecule has 0 spiro atoms. The maximum absolute atomic E-state index is 4.65. The second-order valence-corrected chi connectivity index (χ2v) is 5.72. The highest BCUT2D eigenvalue weighted by atomic mass is 32.1. The highest BCUT2D eigenvalue weighted by Crippen LogP contribution is 2.21. The van der Waals surface area contributed by atoms with Crippen molar-refractivity contribution in [3.63, 3.8) is 0 Å². The van der Waals surface area contributed by atoms with Crippen LogP contribution in [0.3, 0.4) is 0 Å². The Labute approximate surface area is 114 Å². The largest absolute Gasteiger partial charge is 0.347 e. The zero-order chi connectivity index (χ0) is 12.8. The smallest absolute Gasteiger partial charge is 0.205 e. The Morgan fingerprint density at radius 1 is 1.44 bits per heavy atom. The topological polar surface area (TPSA) is 41.1 Å². The molecular formula is C13H24N4S. The Kier molecular flexibility index (Phi) is 5.38. The summed E-state index contributed by atoms with van der Waals surface area (Å²) in [4.78, 5) is 7.03. The van der Waals surface area contributed by atoms with E-state index < -0.39 is 0 Å². The van der Waals surface area contributed by atoms with Gasteiger partial charge in [-0.3, -0.25) is 0 Å². The van der Waals surface area contributed by atoms with Gasteiger partial charge in [0.05, 0.1) is 0 Å². The lowest BCUT2D eigenvalue weighted by molar-refractivity contribution is 0.378. The summed E-state index contributed by atoms with van der Waals surface area (Å²) in [5.41, 5.74) is 0. The highest BCUT2D eigenvalue weighted by Gasteiger charge is 2.18. The second kappa shape index (κ2) is 7.04. The Balaban J connectivity index is 1.93. The van der Waals surface area contributed by atoms with E-state index in [0.717, 1.165) is 49.3 Å². The number of anilines is 1. The summed E-state index contributed by atoms with van der Waals surface area (Å²) >= 11 is 1.56. The van der Waals surface area contributed by atoms with Crippen molar-refractivity contribution in [2.75, 3.05) is 31.1 Å². The van der Waals surface area contributed by atoms with Crippen molar-refractivity contribution in [3.8, 4) is 0 Å². The molecule has 0 saturated carbocycles. The monoisotopic (exact) mass is 268 g/mol. The van der Waals surface area contributed by atoms with Crippen LogP contribution in [-0.4, -0.2) is 35.5 Å². The number of hydrogen-bond donors (Lipinski definition) is 1. The minimum atomic E-state index is 0.761. The zero-order valence-electron chi connectivity index (χ0n) is 11.5. The molecule has 1 aromatic heterocycles. The van der Waals surface area contributed by atoms with Gasteiger partial charge in [0, 0.05) is 31.0 Å². The number of rotatable bonds is 6. The normalized spacial score (nSPS) is 20.0. The molecule has 1 aromatic rings. The highest BCUT2D eigenvalue weighted by molar-refractivity contribution is 7.09. The van der Waals surface area contributed by atoms with E-state index in [1.165, 1.54) is 19.4 Å². The number of nitrogens with zero attached hydrogens (tertiary/aromatic N) is 3. The summed E-state index contributed by atoms with van der Waals surface area (Å²) in [5.74, 6) is 1.77. The van der Waals surface area contributed by atoms with E-state index in [4.69, 9.17) is 0 Å². The molecule has 2 heterocycles. The lowest BCUT2D eigenvalue weighted by atomic mass is 9.99. The Morgan fingerprint density at radius 2 is 2.33 bits per heavy atom. The van der Waals surface area contributed by atoms with Gasteiger partial charge in [-0.15, -0.1) is 0 Å². The van der Waals surface area contributed by atoms with Crippen molar-refractivity contribution in [3.05, 3.63) is 5.82 Å². The molecule has 0 radical (unpaired) electrons. The van der Waals surface area contributed by atoms with Gasteiger partial charge in [0.25, 0.3) is 0 Å². The van der Waals surface area contributed by atoms with Gasteiger partial charge in [0.2, 0.25) is 5.13 Å². The molecule has 4 nitrogen and oxygen atoms in total. The first-order chi connectivity index (χ1) is 8.83. The van der Waals surface area contributed by atoms with E-state index >= 15 is 0 Å². The molecule has 0 amide bonds. The van der Waals surface area contributed by atoms with Crippen LogP contribution in [0.2, 0.25) is 0 Å². The maximum Gasteiger partial charge on any atom is 0.205 e. The fraction of sp³-hybridized carbons (Fsp3) is 0.846. The maximum atomic E-state index is 4.65. The van der Waals surface area contributed by atoms with Gasteiger partial charge in [-0.2, -0.15) is 4.37 Å². The van der Waals surface area contributed by atoms with Crippen LogP contribution in [-0.2, 0) is 6.42 Å². The summed E-state index contributed by atoms with van der Waals surface area (Å²) in [7, 11) is 0. The van der Waals surface area contributed by atoms with E-state index in [9.17, 15) is 0 Å². The van der Waals surface area contributed by atoms with Gasteiger partial charge in [-0.1, -0.05) is 6.92 Å². The van der Waals surface area contributed by atoms with E-state index in [2.05, 4.69) is 33.4 Å². The lowest BCUT2D eigenvalue weighted by Crippen LogP contribution is -2.38. The molecule has 0 bridgehead atoms. The van der Waals surface area contributed by atoms with Crippen molar-refractivity contribution < 1.29 is 0 Å². The van der Waals surface area contributed by atoms with Crippen molar-refractivity contribution in [1.29, 1.82) is 0 Å². The first kappa shape index (κ1) is 13.7. The predicted octanol–water partition coefficient (Wildman–Crippen LogP) is 2.32. The lowest BCUT2D eigenvalue weighted by Gasteiger charge is -2.28. The van der Waals surface area contributed by atoms with E-state index in [0.29, 0.717) is 0 Å². The van der Waals surface area contributed by atoms with Gasteiger partial charge in [-0.25, -0.2) is 4.98 Å². The molecule has 1 atom stereocenters. The Hall–Kier alpha value is -0.680. The molecule has 1 aliphatic heterocycles. The first-order valence-corrected chi connectivity index (χ1v) is 7.89. The van der Waals surface area contributed by atoms with Crippen molar-refractivity contribution in [2.45, 2.75) is 39.5 Å². The first-order valence-electron chi connectivity index (χ1n) is 7.11. The third-order valence-corrected chi connectivity index (χ3v) is 4.28. The fourth-order valence-electron chi connectivity index (χ4n) is 2.43. The summed E-state index contributed by atoms with van der Waals surface area (Å²) < 4.78 is 4.44. The molecule has 1 saturated heterocycles. The number of hydrogen-bond acceptors (Lipinski definition) is 5. The average molecular weight is 268 g/mol. The zero-order valence-corrected chi connectivity index (χ0v) is 12.3. The average Bonchev–Trinajstić information content (AvgIpc) is 2.86. The Bertz CT molecular complexity index is 347. The van der Waals surface area contributed by atoms with E-state index in [1.54, 1.807) is 11.5 Å². The standard InChI is InChI=1S/C13H24N4S/c1-3-6-12-15-13(18-16-12)17(4-2)10-11-7-5-8-14-9-11/h11,14H,3-10H2,1-2H3. The summed E-state index contributed by atoms with van der Waals surface area (Å²) in [6.07, 6.45) is 4.76. The van der Waals surface area contributed by atoms with Crippen LogP contribution in [0.1, 0.15) is 38.9 Å². The number of piperidine rings is 1. The van der Waals surface area contributed by atoms with Crippen LogP contribution < -0.4 is 10.2 Å². The van der Waals surface area contributed by atoms with E-state index in [-0.39, 0.29) is 0 Å². The van der Waals surface area contributed by atoms with Crippen LogP contribution in [0.25, 0.3) is 0 Å². The summed E-state index contributed by atoms with van der Waals surface area (Å²) in [5, 5.41) is 4.59. The minimum Gasteiger partial charge on any atom is -0.347 e. The quantitative estimate of drug-likeness (QED) is 0.859. The molecule has 0 aliphatic carbocycles.